The summed E-state index contributed by atoms with van der Waals surface area (Å²) in [5.74, 6) is -1.54. The molecule has 104 valence electrons. The van der Waals surface area contributed by atoms with Gasteiger partial charge in [-0.15, -0.1) is 0 Å². The maximum absolute atomic E-state index is 12.2. The third-order valence-electron chi connectivity index (χ3n) is 2.49. The summed E-state index contributed by atoms with van der Waals surface area (Å²) in [4.78, 5) is 38.7. The quantitative estimate of drug-likeness (QED) is 0.827. The normalized spacial score (nSPS) is 10.5. The van der Waals surface area contributed by atoms with Crippen LogP contribution in [0.25, 0.3) is 0 Å². The fourth-order valence-electron chi connectivity index (χ4n) is 1.73. The van der Waals surface area contributed by atoms with E-state index in [4.69, 9.17) is 5.11 Å². The van der Waals surface area contributed by atoms with Crippen LogP contribution >= 0.6 is 0 Å². The number of aromatic amines is 1. The Morgan fingerprint density at radius 1 is 1.42 bits per heavy atom. The summed E-state index contributed by atoms with van der Waals surface area (Å²) >= 11 is 0. The van der Waals surface area contributed by atoms with E-state index in [-0.39, 0.29) is 11.5 Å². The van der Waals surface area contributed by atoms with Gasteiger partial charge in [-0.05, 0) is 12.8 Å². The first-order valence-electron chi connectivity index (χ1n) is 6.01. The molecule has 1 amide bonds. The maximum atomic E-state index is 12.2. The van der Waals surface area contributed by atoms with Crippen molar-refractivity contribution < 1.29 is 14.7 Å². The molecule has 0 aliphatic heterocycles. The van der Waals surface area contributed by atoms with Crippen LogP contribution in [0.1, 0.15) is 29.9 Å². The van der Waals surface area contributed by atoms with Gasteiger partial charge in [-0.25, -0.2) is 0 Å². The van der Waals surface area contributed by atoms with Gasteiger partial charge in [0.05, 0.1) is 0 Å². The van der Waals surface area contributed by atoms with Crippen molar-refractivity contribution in [1.29, 1.82) is 0 Å². The number of carbonyl (C=O) groups excluding carboxylic acids is 1. The number of aromatic nitrogens is 1. The second kappa shape index (κ2) is 6.17. The van der Waals surface area contributed by atoms with Gasteiger partial charge < -0.3 is 15.0 Å². The molecule has 0 aliphatic rings. The average molecular weight is 266 g/mol. The molecule has 2 N–H and O–H groups in total. The summed E-state index contributed by atoms with van der Waals surface area (Å²) in [5, 5.41) is 8.83. The lowest BCUT2D eigenvalue weighted by atomic mass is 10.1. The van der Waals surface area contributed by atoms with E-state index in [0.29, 0.717) is 12.2 Å². The van der Waals surface area contributed by atoms with Crippen LogP contribution < -0.4 is 5.43 Å². The Morgan fingerprint density at radius 3 is 2.53 bits per heavy atom. The Kier molecular flexibility index (Phi) is 4.86. The molecule has 1 heterocycles. The molecule has 0 aliphatic carbocycles. The molecular weight excluding hydrogens is 248 g/mol. The lowest BCUT2D eigenvalue weighted by Gasteiger charge is -2.22. The molecular formula is C13H18N2O4. The van der Waals surface area contributed by atoms with Gasteiger partial charge in [0.15, 0.2) is 5.43 Å². The van der Waals surface area contributed by atoms with Crippen LogP contribution in [-0.4, -0.2) is 40.0 Å². The van der Waals surface area contributed by atoms with Gasteiger partial charge >= 0.3 is 5.97 Å². The Bertz CT molecular complexity index is 534. The van der Waals surface area contributed by atoms with Gasteiger partial charge in [0, 0.05) is 24.5 Å². The second-order valence-electron chi connectivity index (χ2n) is 4.87. The molecule has 0 spiro atoms. The summed E-state index contributed by atoms with van der Waals surface area (Å²) in [6, 6.07) is 1.32. The molecule has 0 unspecified atom stereocenters. The SMILES string of the molecule is Cc1cc(=O)c(C(=O)N(CC(=O)O)CC(C)C)c[nH]1. The number of nitrogens with zero attached hydrogens (tertiary/aromatic N) is 1. The average Bonchev–Trinajstić information content (AvgIpc) is 2.26. The number of H-pyrrole nitrogens is 1. The van der Waals surface area contributed by atoms with E-state index in [1.54, 1.807) is 6.92 Å². The number of carboxylic acid groups (broad SMARTS) is 1. The van der Waals surface area contributed by atoms with Crippen LogP contribution in [0.5, 0.6) is 0 Å². The van der Waals surface area contributed by atoms with Crippen molar-refractivity contribution in [2.75, 3.05) is 13.1 Å². The summed E-state index contributed by atoms with van der Waals surface area (Å²) in [6.45, 7) is 5.34. The van der Waals surface area contributed by atoms with Gasteiger partial charge in [0.25, 0.3) is 5.91 Å². The van der Waals surface area contributed by atoms with E-state index in [2.05, 4.69) is 4.98 Å². The predicted molar refractivity (Wildman–Crippen MR) is 70.2 cm³/mol. The molecule has 0 saturated carbocycles. The fraction of sp³-hybridized carbons (Fsp3) is 0.462. The van der Waals surface area contributed by atoms with Crippen molar-refractivity contribution in [3.63, 3.8) is 0 Å². The minimum absolute atomic E-state index is 0.0347. The van der Waals surface area contributed by atoms with Crippen molar-refractivity contribution >= 4 is 11.9 Å². The number of nitrogens with one attached hydrogen (secondary N) is 1. The molecule has 0 saturated heterocycles. The van der Waals surface area contributed by atoms with Crippen LogP contribution in [0.3, 0.4) is 0 Å². The van der Waals surface area contributed by atoms with E-state index in [1.807, 2.05) is 13.8 Å². The van der Waals surface area contributed by atoms with Crippen molar-refractivity contribution in [3.8, 4) is 0 Å². The lowest BCUT2D eigenvalue weighted by molar-refractivity contribution is -0.137. The zero-order valence-electron chi connectivity index (χ0n) is 11.3. The van der Waals surface area contributed by atoms with Crippen LogP contribution in [0, 0.1) is 12.8 Å². The Balaban J connectivity index is 3.04. The zero-order valence-corrected chi connectivity index (χ0v) is 11.3. The second-order valence-corrected chi connectivity index (χ2v) is 4.87. The van der Waals surface area contributed by atoms with Gasteiger partial charge in [0.2, 0.25) is 0 Å². The molecule has 0 bridgehead atoms. The topological polar surface area (TPSA) is 90.5 Å². The first-order chi connectivity index (χ1) is 8.81. The van der Waals surface area contributed by atoms with Gasteiger partial charge in [-0.1, -0.05) is 13.8 Å². The number of aryl methyl sites for hydroxylation is 1. The summed E-state index contributed by atoms with van der Waals surface area (Å²) < 4.78 is 0. The minimum Gasteiger partial charge on any atom is -0.480 e. The Morgan fingerprint density at radius 2 is 2.05 bits per heavy atom. The van der Waals surface area contributed by atoms with E-state index in [0.717, 1.165) is 0 Å². The van der Waals surface area contributed by atoms with E-state index < -0.39 is 23.9 Å². The van der Waals surface area contributed by atoms with Crippen LogP contribution in [0.4, 0.5) is 0 Å². The van der Waals surface area contributed by atoms with Crippen molar-refractivity contribution in [2.24, 2.45) is 5.92 Å². The molecule has 19 heavy (non-hydrogen) atoms. The monoisotopic (exact) mass is 266 g/mol. The zero-order chi connectivity index (χ0) is 14.6. The largest absolute Gasteiger partial charge is 0.480 e. The highest BCUT2D eigenvalue weighted by Crippen LogP contribution is 2.04. The molecule has 1 aromatic heterocycles. The number of hydrogen-bond acceptors (Lipinski definition) is 3. The Labute approximate surface area is 111 Å². The number of amides is 1. The molecule has 0 fully saturated rings. The highest BCUT2D eigenvalue weighted by molar-refractivity contribution is 5.95. The molecule has 6 nitrogen and oxygen atoms in total. The molecule has 6 heteroatoms. The smallest absolute Gasteiger partial charge is 0.323 e. The number of aliphatic carboxylic acids is 1. The fourth-order valence-corrected chi connectivity index (χ4v) is 1.73. The number of carboxylic acids is 1. The van der Waals surface area contributed by atoms with Gasteiger partial charge in [-0.3, -0.25) is 14.4 Å². The number of pyridine rings is 1. The number of rotatable bonds is 5. The van der Waals surface area contributed by atoms with Gasteiger partial charge in [-0.2, -0.15) is 0 Å². The maximum Gasteiger partial charge on any atom is 0.323 e. The number of carbonyl (C=O) groups is 2. The minimum atomic E-state index is -1.10. The van der Waals surface area contributed by atoms with Crippen LogP contribution in [0.2, 0.25) is 0 Å². The van der Waals surface area contributed by atoms with Crippen molar-refractivity contribution in [2.45, 2.75) is 20.8 Å². The summed E-state index contributed by atoms with van der Waals surface area (Å²) in [6.07, 6.45) is 1.33. The molecule has 1 rings (SSSR count). The molecule has 0 radical (unpaired) electrons. The van der Waals surface area contributed by atoms with Crippen molar-refractivity contribution in [1.82, 2.24) is 9.88 Å². The first-order valence-corrected chi connectivity index (χ1v) is 6.01. The van der Waals surface area contributed by atoms with Crippen LogP contribution in [-0.2, 0) is 4.79 Å². The summed E-state index contributed by atoms with van der Waals surface area (Å²) in [7, 11) is 0. The van der Waals surface area contributed by atoms with E-state index in [1.165, 1.54) is 17.2 Å². The third-order valence-corrected chi connectivity index (χ3v) is 2.49. The molecule has 0 aromatic carbocycles. The highest BCUT2D eigenvalue weighted by atomic mass is 16.4. The molecule has 0 atom stereocenters. The highest BCUT2D eigenvalue weighted by Gasteiger charge is 2.21. The summed E-state index contributed by atoms with van der Waals surface area (Å²) in [5.41, 5.74) is 0.211. The van der Waals surface area contributed by atoms with E-state index >= 15 is 0 Å². The van der Waals surface area contributed by atoms with Crippen molar-refractivity contribution in [3.05, 3.63) is 33.7 Å². The first kappa shape index (κ1) is 14.9. The Hall–Kier alpha value is -2.11. The lowest BCUT2D eigenvalue weighted by Crippen LogP contribution is -2.40. The standard InChI is InChI=1S/C13H18N2O4/c1-8(2)6-15(7-12(17)18)13(19)10-5-14-9(3)4-11(10)16/h4-5,8H,6-7H2,1-3H3,(H,14,16)(H,17,18). The van der Waals surface area contributed by atoms with E-state index in [9.17, 15) is 14.4 Å². The van der Waals surface area contributed by atoms with Crippen LogP contribution in [0.15, 0.2) is 17.1 Å². The van der Waals surface area contributed by atoms with Gasteiger partial charge in [0.1, 0.15) is 12.1 Å². The number of hydrogen-bond donors (Lipinski definition) is 2. The molecule has 1 aromatic rings. The predicted octanol–water partition coefficient (Wildman–Crippen LogP) is 0.866. The third kappa shape index (κ3) is 4.24.